The molecule has 0 aliphatic heterocycles. The van der Waals surface area contributed by atoms with Crippen LogP contribution in [-0.4, -0.2) is 25.2 Å². The first-order valence-corrected chi connectivity index (χ1v) is 6.58. The van der Waals surface area contributed by atoms with E-state index in [1.54, 1.807) is 32.1 Å². The Kier molecular flexibility index (Phi) is 6.14. The van der Waals surface area contributed by atoms with Crippen LogP contribution in [-0.2, 0) is 14.3 Å². The number of hydrogen-bond acceptors (Lipinski definition) is 5. The molecule has 0 saturated heterocycles. The maximum Gasteiger partial charge on any atom is 0.348 e. The Morgan fingerprint density at radius 1 is 1.22 bits per heavy atom. The molecule has 0 aliphatic rings. The fourth-order valence-electron chi connectivity index (χ4n) is 1.25. The summed E-state index contributed by atoms with van der Waals surface area (Å²) in [6.07, 6.45) is 3.75. The summed E-state index contributed by atoms with van der Waals surface area (Å²) in [5, 5.41) is 0. The van der Waals surface area contributed by atoms with Crippen LogP contribution in [0.15, 0.2) is 18.2 Å². The maximum absolute atomic E-state index is 11.4. The van der Waals surface area contributed by atoms with Gasteiger partial charge in [0.05, 0.1) is 19.6 Å². The monoisotopic (exact) mass is 268 g/mol. The van der Waals surface area contributed by atoms with E-state index in [0.29, 0.717) is 18.1 Å². The smallest absolute Gasteiger partial charge is 0.348 e. The first-order chi connectivity index (χ1) is 8.67. The average molecular weight is 268 g/mol. The van der Waals surface area contributed by atoms with Gasteiger partial charge in [0, 0.05) is 4.88 Å². The minimum atomic E-state index is -0.312. The van der Waals surface area contributed by atoms with Crippen LogP contribution in [0, 0.1) is 0 Å². The van der Waals surface area contributed by atoms with Gasteiger partial charge in [-0.15, -0.1) is 11.3 Å². The van der Waals surface area contributed by atoms with Gasteiger partial charge >= 0.3 is 11.9 Å². The molecule has 0 radical (unpaired) electrons. The maximum atomic E-state index is 11.4. The molecule has 18 heavy (non-hydrogen) atoms. The molecule has 1 rings (SSSR count). The summed E-state index contributed by atoms with van der Waals surface area (Å²) in [5.41, 5.74) is 0. The lowest BCUT2D eigenvalue weighted by Gasteiger charge is -1.96. The molecular formula is C13H16O4S. The molecule has 5 heteroatoms. The van der Waals surface area contributed by atoms with Crippen molar-refractivity contribution in [2.75, 3.05) is 13.2 Å². The molecule has 0 fully saturated rings. The number of thiophene rings is 1. The zero-order valence-corrected chi connectivity index (χ0v) is 11.3. The second kappa shape index (κ2) is 7.66. The Morgan fingerprint density at radius 2 is 1.94 bits per heavy atom. The van der Waals surface area contributed by atoms with Crippen molar-refractivity contribution in [1.82, 2.24) is 0 Å². The fraction of sp³-hybridized carbons (Fsp3) is 0.385. The van der Waals surface area contributed by atoms with E-state index in [9.17, 15) is 9.59 Å². The van der Waals surface area contributed by atoms with Gasteiger partial charge in [0.1, 0.15) is 4.88 Å². The molecular weight excluding hydrogens is 252 g/mol. The highest BCUT2D eigenvalue weighted by molar-refractivity contribution is 7.14. The predicted octanol–water partition coefficient (Wildman–Crippen LogP) is 2.89. The second-order valence-electron chi connectivity index (χ2n) is 3.33. The van der Waals surface area contributed by atoms with Crippen molar-refractivity contribution >= 4 is 29.4 Å². The number of rotatable bonds is 6. The first-order valence-electron chi connectivity index (χ1n) is 5.76. The van der Waals surface area contributed by atoms with Crippen LogP contribution in [0.25, 0.3) is 6.08 Å². The van der Waals surface area contributed by atoms with E-state index in [4.69, 9.17) is 9.47 Å². The van der Waals surface area contributed by atoms with Crippen LogP contribution in [0.2, 0.25) is 0 Å². The summed E-state index contributed by atoms with van der Waals surface area (Å²) >= 11 is 1.33. The topological polar surface area (TPSA) is 52.6 Å². The third kappa shape index (κ3) is 4.71. The van der Waals surface area contributed by atoms with Crippen LogP contribution >= 0.6 is 11.3 Å². The van der Waals surface area contributed by atoms with Crippen molar-refractivity contribution in [3.05, 3.63) is 28.0 Å². The summed E-state index contributed by atoms with van der Waals surface area (Å²) < 4.78 is 9.68. The Labute approximate surface area is 110 Å². The number of hydrogen-bond donors (Lipinski definition) is 0. The standard InChI is InChI=1S/C13H16O4S/c1-3-16-12(14)7-5-6-10-8-9-11(18-10)13(15)17-4-2/h5-6,8-9H,3-4,7H2,1-2H3. The number of carbonyl (C=O) groups excluding carboxylic acids is 2. The molecule has 0 saturated carbocycles. The van der Waals surface area contributed by atoms with E-state index < -0.39 is 0 Å². The number of carbonyl (C=O) groups is 2. The van der Waals surface area contributed by atoms with E-state index in [1.165, 1.54) is 11.3 Å². The zero-order valence-electron chi connectivity index (χ0n) is 10.5. The summed E-state index contributed by atoms with van der Waals surface area (Å²) in [6, 6.07) is 3.53. The minimum absolute atomic E-state index is 0.237. The SMILES string of the molecule is CCOC(=O)CC=Cc1ccc(C(=O)OCC)s1. The molecule has 0 amide bonds. The van der Waals surface area contributed by atoms with Crippen LogP contribution in [0.1, 0.15) is 34.8 Å². The van der Waals surface area contributed by atoms with E-state index in [1.807, 2.05) is 6.07 Å². The van der Waals surface area contributed by atoms with Gasteiger partial charge in [-0.3, -0.25) is 4.79 Å². The van der Waals surface area contributed by atoms with Crippen molar-refractivity contribution in [3.63, 3.8) is 0 Å². The van der Waals surface area contributed by atoms with Crippen LogP contribution in [0.3, 0.4) is 0 Å². The lowest BCUT2D eigenvalue weighted by molar-refractivity contribution is -0.142. The quantitative estimate of drug-likeness (QED) is 0.744. The molecule has 0 N–H and O–H groups in total. The van der Waals surface area contributed by atoms with Crippen LogP contribution in [0.4, 0.5) is 0 Å². The lowest BCUT2D eigenvalue weighted by Crippen LogP contribution is -2.01. The number of esters is 2. The molecule has 0 bridgehead atoms. The van der Waals surface area contributed by atoms with Crippen molar-refractivity contribution in [2.45, 2.75) is 20.3 Å². The minimum Gasteiger partial charge on any atom is -0.466 e. The Hall–Kier alpha value is -1.62. The largest absolute Gasteiger partial charge is 0.466 e. The van der Waals surface area contributed by atoms with Crippen molar-refractivity contribution in [1.29, 1.82) is 0 Å². The Morgan fingerprint density at radius 3 is 2.61 bits per heavy atom. The van der Waals surface area contributed by atoms with Gasteiger partial charge in [-0.25, -0.2) is 4.79 Å². The molecule has 1 heterocycles. The second-order valence-corrected chi connectivity index (χ2v) is 4.45. The van der Waals surface area contributed by atoms with Crippen molar-refractivity contribution in [2.24, 2.45) is 0 Å². The van der Waals surface area contributed by atoms with Crippen LogP contribution < -0.4 is 0 Å². The van der Waals surface area contributed by atoms with Crippen molar-refractivity contribution in [3.8, 4) is 0 Å². The number of ether oxygens (including phenoxy) is 2. The van der Waals surface area contributed by atoms with Gasteiger partial charge < -0.3 is 9.47 Å². The molecule has 98 valence electrons. The van der Waals surface area contributed by atoms with Gasteiger partial charge in [0.2, 0.25) is 0 Å². The van der Waals surface area contributed by atoms with Gasteiger partial charge in [0.25, 0.3) is 0 Å². The molecule has 0 atom stereocenters. The molecule has 1 aromatic heterocycles. The van der Waals surface area contributed by atoms with Gasteiger partial charge in [-0.2, -0.15) is 0 Å². The fourth-order valence-corrected chi connectivity index (χ4v) is 2.08. The van der Waals surface area contributed by atoms with Gasteiger partial charge in [-0.1, -0.05) is 6.08 Å². The highest BCUT2D eigenvalue weighted by Gasteiger charge is 2.08. The average Bonchev–Trinajstić information content (AvgIpc) is 2.78. The third-order valence-corrected chi connectivity index (χ3v) is 3.01. The van der Waals surface area contributed by atoms with E-state index >= 15 is 0 Å². The summed E-state index contributed by atoms with van der Waals surface area (Å²) in [4.78, 5) is 24.0. The Balaban J connectivity index is 2.51. The zero-order chi connectivity index (χ0) is 13.4. The van der Waals surface area contributed by atoms with E-state index in [0.717, 1.165) is 4.88 Å². The van der Waals surface area contributed by atoms with E-state index in [2.05, 4.69) is 0 Å². The molecule has 4 nitrogen and oxygen atoms in total. The molecule has 0 spiro atoms. The normalized spacial score (nSPS) is 10.6. The van der Waals surface area contributed by atoms with Gasteiger partial charge in [0.15, 0.2) is 0 Å². The van der Waals surface area contributed by atoms with Crippen LogP contribution in [0.5, 0.6) is 0 Å². The highest BCUT2D eigenvalue weighted by Crippen LogP contribution is 2.19. The van der Waals surface area contributed by atoms with Crippen molar-refractivity contribution < 1.29 is 19.1 Å². The molecule has 0 unspecified atom stereocenters. The highest BCUT2D eigenvalue weighted by atomic mass is 32.1. The van der Waals surface area contributed by atoms with E-state index in [-0.39, 0.29) is 18.4 Å². The summed E-state index contributed by atoms with van der Waals surface area (Å²) in [6.45, 7) is 4.29. The first kappa shape index (κ1) is 14.4. The Bertz CT molecular complexity index is 434. The lowest BCUT2D eigenvalue weighted by atomic mass is 10.3. The third-order valence-electron chi connectivity index (χ3n) is 1.98. The van der Waals surface area contributed by atoms with Gasteiger partial charge in [-0.05, 0) is 32.1 Å². The predicted molar refractivity (Wildman–Crippen MR) is 70.6 cm³/mol. The summed E-state index contributed by atoms with van der Waals surface area (Å²) in [7, 11) is 0. The molecule has 1 aromatic rings. The molecule has 0 aromatic carbocycles. The molecule has 0 aliphatic carbocycles. The summed E-state index contributed by atoms with van der Waals surface area (Å²) in [5.74, 6) is -0.566.